The first kappa shape index (κ1) is 13.5. The molecule has 2 rings (SSSR count). The number of aliphatic hydroxyl groups excluding tert-OH is 1. The monoisotopic (exact) mass is 261 g/mol. The van der Waals surface area contributed by atoms with Crippen molar-refractivity contribution >= 4 is 0 Å². The Morgan fingerprint density at radius 2 is 2.16 bits per heavy atom. The van der Waals surface area contributed by atoms with E-state index in [0.717, 1.165) is 29.5 Å². The Bertz CT molecular complexity index is 549. The molecule has 0 aliphatic carbocycles. The van der Waals surface area contributed by atoms with Crippen molar-refractivity contribution in [3.05, 3.63) is 41.5 Å². The van der Waals surface area contributed by atoms with Crippen LogP contribution >= 0.6 is 0 Å². The minimum absolute atomic E-state index is 0.373. The van der Waals surface area contributed by atoms with Gasteiger partial charge in [-0.1, -0.05) is 12.1 Å². The van der Waals surface area contributed by atoms with Crippen LogP contribution in [0.2, 0.25) is 0 Å². The second kappa shape index (κ2) is 5.84. The molecular weight excluding hydrogens is 242 g/mol. The van der Waals surface area contributed by atoms with Crippen LogP contribution in [0.4, 0.5) is 0 Å². The summed E-state index contributed by atoms with van der Waals surface area (Å²) in [5.41, 5.74) is 0.839. The normalized spacial score (nSPS) is 12.4. The van der Waals surface area contributed by atoms with E-state index in [1.807, 2.05) is 42.7 Å². The van der Waals surface area contributed by atoms with E-state index in [-0.39, 0.29) is 0 Å². The van der Waals surface area contributed by atoms with E-state index < -0.39 is 6.10 Å². The van der Waals surface area contributed by atoms with Crippen LogP contribution in [-0.2, 0) is 13.2 Å². The molecule has 1 aromatic heterocycles. The fourth-order valence-electron chi connectivity index (χ4n) is 1.96. The van der Waals surface area contributed by atoms with E-state index >= 15 is 0 Å². The Balaban J connectivity index is 2.08. The fraction of sp³-hybridized carbons (Fsp3) is 0.429. The maximum Gasteiger partial charge on any atom is 0.171 e. The van der Waals surface area contributed by atoms with Crippen molar-refractivity contribution in [3.63, 3.8) is 0 Å². The smallest absolute Gasteiger partial charge is 0.171 e. The van der Waals surface area contributed by atoms with E-state index in [2.05, 4.69) is 10.2 Å². The molecule has 0 radical (unpaired) electrons. The average molecular weight is 261 g/mol. The highest BCUT2D eigenvalue weighted by Crippen LogP contribution is 2.19. The second-order valence-corrected chi connectivity index (χ2v) is 4.44. The lowest BCUT2D eigenvalue weighted by molar-refractivity contribution is 0.198. The Labute approximate surface area is 112 Å². The van der Waals surface area contributed by atoms with Gasteiger partial charge in [0.15, 0.2) is 5.82 Å². The topological polar surface area (TPSA) is 60.2 Å². The number of ether oxygens (including phenoxy) is 1. The number of aryl methyl sites for hydroxylation is 1. The zero-order valence-electron chi connectivity index (χ0n) is 11.5. The third kappa shape index (κ3) is 3.12. The Kier molecular flexibility index (Phi) is 4.16. The van der Waals surface area contributed by atoms with Gasteiger partial charge in [0.2, 0.25) is 0 Å². The quantitative estimate of drug-likeness (QED) is 0.896. The minimum atomic E-state index is -0.495. The van der Waals surface area contributed by atoms with Crippen molar-refractivity contribution < 1.29 is 9.84 Å². The summed E-state index contributed by atoms with van der Waals surface area (Å²) in [5, 5.41) is 17.7. The van der Waals surface area contributed by atoms with Gasteiger partial charge in [-0.25, -0.2) is 0 Å². The lowest BCUT2D eigenvalue weighted by atomic mass is 10.1. The predicted molar refractivity (Wildman–Crippen MR) is 71.8 cm³/mol. The van der Waals surface area contributed by atoms with Crippen LogP contribution in [0.5, 0.6) is 5.75 Å². The van der Waals surface area contributed by atoms with Crippen molar-refractivity contribution in [2.45, 2.75) is 40.0 Å². The van der Waals surface area contributed by atoms with Crippen LogP contribution in [0.15, 0.2) is 24.3 Å². The summed E-state index contributed by atoms with van der Waals surface area (Å²) in [6, 6.07) is 7.44. The zero-order chi connectivity index (χ0) is 13.8. The standard InChI is InChI=1S/C14H19N3O2/c1-4-17-11(3)15-16-14(17)9-19-13-7-5-6-12(8-13)10(2)18/h5-8,10,18H,4,9H2,1-3H3. The van der Waals surface area contributed by atoms with Gasteiger partial charge in [-0.05, 0) is 38.5 Å². The highest BCUT2D eigenvalue weighted by Gasteiger charge is 2.08. The number of aromatic nitrogens is 3. The number of nitrogens with zero attached hydrogens (tertiary/aromatic N) is 3. The molecule has 0 bridgehead atoms. The van der Waals surface area contributed by atoms with Gasteiger partial charge in [0.05, 0.1) is 6.10 Å². The highest BCUT2D eigenvalue weighted by atomic mass is 16.5. The number of aliphatic hydroxyl groups is 1. The molecule has 5 heteroatoms. The molecular formula is C14H19N3O2. The molecule has 2 aromatic rings. The number of benzene rings is 1. The van der Waals surface area contributed by atoms with Crippen molar-refractivity contribution in [2.24, 2.45) is 0 Å². The van der Waals surface area contributed by atoms with Crippen LogP contribution < -0.4 is 4.74 Å². The number of hydrogen-bond donors (Lipinski definition) is 1. The molecule has 0 saturated carbocycles. The van der Waals surface area contributed by atoms with E-state index in [9.17, 15) is 5.11 Å². The summed E-state index contributed by atoms with van der Waals surface area (Å²) in [7, 11) is 0. The average Bonchev–Trinajstić information content (AvgIpc) is 2.77. The third-order valence-electron chi connectivity index (χ3n) is 3.04. The van der Waals surface area contributed by atoms with Gasteiger partial charge < -0.3 is 14.4 Å². The SMILES string of the molecule is CCn1c(C)nnc1COc1cccc(C(C)O)c1. The molecule has 19 heavy (non-hydrogen) atoms. The molecule has 1 N–H and O–H groups in total. The van der Waals surface area contributed by atoms with Crippen molar-refractivity contribution in [3.8, 4) is 5.75 Å². The zero-order valence-corrected chi connectivity index (χ0v) is 11.5. The summed E-state index contributed by atoms with van der Waals surface area (Å²) >= 11 is 0. The number of rotatable bonds is 5. The molecule has 5 nitrogen and oxygen atoms in total. The largest absolute Gasteiger partial charge is 0.486 e. The molecule has 102 valence electrons. The summed E-state index contributed by atoms with van der Waals surface area (Å²) < 4.78 is 7.72. The van der Waals surface area contributed by atoms with Crippen LogP contribution in [-0.4, -0.2) is 19.9 Å². The maximum absolute atomic E-state index is 9.54. The van der Waals surface area contributed by atoms with Gasteiger partial charge in [-0.15, -0.1) is 10.2 Å². The lowest BCUT2D eigenvalue weighted by Crippen LogP contribution is -2.07. The summed E-state index contributed by atoms with van der Waals surface area (Å²) in [6.07, 6.45) is -0.495. The van der Waals surface area contributed by atoms with Crippen LogP contribution in [0.3, 0.4) is 0 Å². The fourth-order valence-corrected chi connectivity index (χ4v) is 1.96. The van der Waals surface area contributed by atoms with Crippen molar-refractivity contribution in [1.29, 1.82) is 0 Å². The second-order valence-electron chi connectivity index (χ2n) is 4.44. The van der Waals surface area contributed by atoms with Gasteiger partial charge in [0.1, 0.15) is 18.2 Å². The molecule has 1 aromatic carbocycles. The first-order chi connectivity index (χ1) is 9.11. The number of hydrogen-bond acceptors (Lipinski definition) is 4. The molecule has 0 saturated heterocycles. The van der Waals surface area contributed by atoms with Crippen LogP contribution in [0, 0.1) is 6.92 Å². The molecule has 1 heterocycles. The molecule has 0 aliphatic rings. The highest BCUT2D eigenvalue weighted by molar-refractivity contribution is 5.29. The molecule has 1 unspecified atom stereocenters. The van der Waals surface area contributed by atoms with Gasteiger partial charge in [0.25, 0.3) is 0 Å². The Morgan fingerprint density at radius 3 is 2.84 bits per heavy atom. The van der Waals surface area contributed by atoms with Gasteiger partial charge in [-0.2, -0.15) is 0 Å². The summed E-state index contributed by atoms with van der Waals surface area (Å²) in [4.78, 5) is 0. The molecule has 0 fully saturated rings. The molecule has 0 aliphatic heterocycles. The van der Waals surface area contributed by atoms with E-state index in [4.69, 9.17) is 4.74 Å². The molecule has 0 spiro atoms. The van der Waals surface area contributed by atoms with Crippen LogP contribution in [0.25, 0.3) is 0 Å². The minimum Gasteiger partial charge on any atom is -0.486 e. The molecule has 0 amide bonds. The van der Waals surface area contributed by atoms with Crippen molar-refractivity contribution in [1.82, 2.24) is 14.8 Å². The van der Waals surface area contributed by atoms with Gasteiger partial charge in [-0.3, -0.25) is 0 Å². The van der Waals surface area contributed by atoms with Gasteiger partial charge in [0, 0.05) is 6.54 Å². The third-order valence-corrected chi connectivity index (χ3v) is 3.04. The van der Waals surface area contributed by atoms with Crippen LogP contribution in [0.1, 0.15) is 37.2 Å². The maximum atomic E-state index is 9.54. The van der Waals surface area contributed by atoms with E-state index in [1.165, 1.54) is 0 Å². The summed E-state index contributed by atoms with van der Waals surface area (Å²) in [5.74, 6) is 2.42. The van der Waals surface area contributed by atoms with E-state index in [0.29, 0.717) is 6.61 Å². The summed E-state index contributed by atoms with van der Waals surface area (Å²) in [6.45, 7) is 6.90. The van der Waals surface area contributed by atoms with Crippen molar-refractivity contribution in [2.75, 3.05) is 0 Å². The van der Waals surface area contributed by atoms with Gasteiger partial charge >= 0.3 is 0 Å². The first-order valence-electron chi connectivity index (χ1n) is 6.41. The Hall–Kier alpha value is -1.88. The predicted octanol–water partition coefficient (Wildman–Crippen LogP) is 2.24. The first-order valence-corrected chi connectivity index (χ1v) is 6.41. The molecule has 1 atom stereocenters. The lowest BCUT2D eigenvalue weighted by Gasteiger charge is -2.10. The van der Waals surface area contributed by atoms with E-state index in [1.54, 1.807) is 6.92 Å². The Morgan fingerprint density at radius 1 is 1.37 bits per heavy atom.